The predicted octanol–water partition coefficient (Wildman–Crippen LogP) is 2.55. The van der Waals surface area contributed by atoms with Gasteiger partial charge in [0.2, 0.25) is 6.20 Å². The largest absolute Gasteiger partial charge is 0.360 e. The van der Waals surface area contributed by atoms with Gasteiger partial charge in [0.25, 0.3) is 0 Å². The third kappa shape index (κ3) is 1.85. The van der Waals surface area contributed by atoms with Crippen LogP contribution in [-0.2, 0) is 0 Å². The summed E-state index contributed by atoms with van der Waals surface area (Å²) in [5, 5.41) is 10.9. The number of halogens is 1. The quantitative estimate of drug-likeness (QED) is 0.606. The first kappa shape index (κ1) is 9.39. The van der Waals surface area contributed by atoms with Crippen molar-refractivity contribution in [2.75, 3.05) is 0 Å². The molecule has 0 bridgehead atoms. The molecule has 0 spiro atoms. The zero-order valence-electron chi connectivity index (χ0n) is 7.61. The Morgan fingerprint density at radius 2 is 2.27 bits per heavy atom. The summed E-state index contributed by atoms with van der Waals surface area (Å²) in [4.78, 5) is 12.4. The lowest BCUT2D eigenvalue weighted by molar-refractivity contribution is -0.400. The molecule has 0 saturated carbocycles. The third-order valence-electron chi connectivity index (χ3n) is 2.05. The van der Waals surface area contributed by atoms with Gasteiger partial charge in [-0.3, -0.25) is 10.1 Å². The zero-order chi connectivity index (χ0) is 10.8. The SMILES string of the molecule is O=[N+]([O-])/C=C/c1c[nH]c2cc(F)ccc12. The first-order valence-electron chi connectivity index (χ1n) is 4.25. The maximum Gasteiger partial charge on any atom is 0.235 e. The Labute approximate surface area is 84.2 Å². The molecular weight excluding hydrogens is 199 g/mol. The van der Waals surface area contributed by atoms with Gasteiger partial charge >= 0.3 is 0 Å². The van der Waals surface area contributed by atoms with E-state index < -0.39 is 4.92 Å². The molecule has 1 aromatic carbocycles. The Morgan fingerprint density at radius 1 is 1.47 bits per heavy atom. The van der Waals surface area contributed by atoms with Crippen molar-refractivity contribution in [2.45, 2.75) is 0 Å². The Bertz CT molecular complexity index is 545. The van der Waals surface area contributed by atoms with Crippen LogP contribution in [0.15, 0.2) is 30.6 Å². The number of rotatable bonds is 2. The van der Waals surface area contributed by atoms with E-state index in [1.165, 1.54) is 18.2 Å². The number of nitro groups is 1. The van der Waals surface area contributed by atoms with Crippen molar-refractivity contribution in [3.05, 3.63) is 52.1 Å². The van der Waals surface area contributed by atoms with Crippen LogP contribution in [-0.4, -0.2) is 9.91 Å². The number of hydrogen-bond acceptors (Lipinski definition) is 2. The molecule has 15 heavy (non-hydrogen) atoms. The fraction of sp³-hybridized carbons (Fsp3) is 0. The number of H-pyrrole nitrogens is 1. The minimum Gasteiger partial charge on any atom is -0.360 e. The number of aromatic nitrogens is 1. The highest BCUT2D eigenvalue weighted by molar-refractivity contribution is 5.88. The number of benzene rings is 1. The highest BCUT2D eigenvalue weighted by atomic mass is 19.1. The number of aromatic amines is 1. The van der Waals surface area contributed by atoms with Crippen molar-refractivity contribution in [2.24, 2.45) is 0 Å². The van der Waals surface area contributed by atoms with Crippen molar-refractivity contribution in [3.63, 3.8) is 0 Å². The lowest BCUT2D eigenvalue weighted by Gasteiger charge is -1.91. The first-order chi connectivity index (χ1) is 7.16. The van der Waals surface area contributed by atoms with Crippen LogP contribution in [0.5, 0.6) is 0 Å². The van der Waals surface area contributed by atoms with Crippen LogP contribution in [0.4, 0.5) is 4.39 Å². The summed E-state index contributed by atoms with van der Waals surface area (Å²) in [5.74, 6) is -0.339. The summed E-state index contributed by atoms with van der Waals surface area (Å²) in [5.41, 5.74) is 1.29. The molecule has 0 aliphatic carbocycles. The summed E-state index contributed by atoms with van der Waals surface area (Å²) in [6.07, 6.45) is 3.83. The van der Waals surface area contributed by atoms with E-state index in [9.17, 15) is 14.5 Å². The van der Waals surface area contributed by atoms with E-state index in [4.69, 9.17) is 0 Å². The summed E-state index contributed by atoms with van der Waals surface area (Å²) in [7, 11) is 0. The van der Waals surface area contributed by atoms with Crippen LogP contribution < -0.4 is 0 Å². The Morgan fingerprint density at radius 3 is 3.00 bits per heavy atom. The van der Waals surface area contributed by atoms with Gasteiger partial charge in [-0.15, -0.1) is 0 Å². The smallest absolute Gasteiger partial charge is 0.235 e. The minimum atomic E-state index is -0.539. The van der Waals surface area contributed by atoms with Crippen LogP contribution in [0.1, 0.15) is 5.56 Å². The molecule has 1 heterocycles. The van der Waals surface area contributed by atoms with Crippen molar-refractivity contribution in [1.82, 2.24) is 4.98 Å². The van der Waals surface area contributed by atoms with Crippen LogP contribution in [0.25, 0.3) is 17.0 Å². The molecule has 0 fully saturated rings. The Balaban J connectivity index is 2.50. The lowest BCUT2D eigenvalue weighted by Crippen LogP contribution is -1.81. The average Bonchev–Trinajstić information content (AvgIpc) is 2.57. The van der Waals surface area contributed by atoms with Crippen LogP contribution in [0, 0.1) is 15.9 Å². The van der Waals surface area contributed by atoms with Crippen LogP contribution in [0.3, 0.4) is 0 Å². The van der Waals surface area contributed by atoms with E-state index in [0.717, 1.165) is 11.6 Å². The molecule has 0 saturated heterocycles. The number of hydrogen-bond donors (Lipinski definition) is 1. The summed E-state index contributed by atoms with van der Waals surface area (Å²) in [6.45, 7) is 0. The summed E-state index contributed by atoms with van der Waals surface area (Å²) in [6, 6.07) is 4.25. The van der Waals surface area contributed by atoms with Crippen molar-refractivity contribution in [1.29, 1.82) is 0 Å². The fourth-order valence-electron chi connectivity index (χ4n) is 1.40. The standard InChI is InChI=1S/C10H7FN2O2/c11-8-1-2-9-7(3-4-13(14)15)6-12-10(9)5-8/h1-6,12H/b4-3+. The predicted molar refractivity (Wildman–Crippen MR) is 54.3 cm³/mol. The van der Waals surface area contributed by atoms with Crippen LogP contribution in [0.2, 0.25) is 0 Å². The highest BCUT2D eigenvalue weighted by Crippen LogP contribution is 2.20. The highest BCUT2D eigenvalue weighted by Gasteiger charge is 2.02. The maximum atomic E-state index is 12.8. The normalized spacial score (nSPS) is 11.3. The van der Waals surface area contributed by atoms with E-state index in [1.807, 2.05) is 0 Å². The molecular formula is C10H7FN2O2. The van der Waals surface area contributed by atoms with E-state index in [-0.39, 0.29) is 5.82 Å². The minimum absolute atomic E-state index is 0.339. The number of nitrogens with one attached hydrogen (secondary N) is 1. The molecule has 1 aromatic heterocycles. The van der Waals surface area contributed by atoms with Crippen molar-refractivity contribution >= 4 is 17.0 Å². The van der Waals surface area contributed by atoms with E-state index in [0.29, 0.717) is 11.1 Å². The van der Waals surface area contributed by atoms with Gasteiger partial charge in [-0.05, 0) is 18.2 Å². The summed E-state index contributed by atoms with van der Waals surface area (Å²) >= 11 is 0. The molecule has 76 valence electrons. The number of nitrogens with zero attached hydrogens (tertiary/aromatic N) is 1. The van der Waals surface area contributed by atoms with Gasteiger partial charge in [0.15, 0.2) is 0 Å². The molecule has 2 rings (SSSR count). The second-order valence-corrected chi connectivity index (χ2v) is 3.04. The molecule has 0 amide bonds. The molecule has 0 atom stereocenters. The van der Waals surface area contributed by atoms with E-state index >= 15 is 0 Å². The van der Waals surface area contributed by atoms with Gasteiger partial charge in [-0.1, -0.05) is 0 Å². The summed E-state index contributed by atoms with van der Waals surface area (Å²) < 4.78 is 12.8. The second kappa shape index (κ2) is 3.53. The maximum absolute atomic E-state index is 12.8. The van der Waals surface area contributed by atoms with E-state index in [1.54, 1.807) is 12.3 Å². The molecule has 0 aliphatic rings. The Hall–Kier alpha value is -2.17. The molecule has 5 heteroatoms. The van der Waals surface area contributed by atoms with Crippen molar-refractivity contribution < 1.29 is 9.31 Å². The first-order valence-corrected chi connectivity index (χ1v) is 4.25. The van der Waals surface area contributed by atoms with Gasteiger partial charge < -0.3 is 4.98 Å². The van der Waals surface area contributed by atoms with E-state index in [2.05, 4.69) is 4.98 Å². The second-order valence-electron chi connectivity index (χ2n) is 3.04. The van der Waals surface area contributed by atoms with Crippen molar-refractivity contribution in [3.8, 4) is 0 Å². The molecule has 0 aliphatic heterocycles. The van der Waals surface area contributed by atoms with Gasteiger partial charge in [0.05, 0.1) is 4.92 Å². The van der Waals surface area contributed by atoms with Gasteiger partial charge in [0.1, 0.15) is 5.82 Å². The molecule has 0 unspecified atom stereocenters. The van der Waals surface area contributed by atoms with Gasteiger partial charge in [-0.25, -0.2) is 4.39 Å². The molecule has 0 radical (unpaired) electrons. The molecule has 1 N–H and O–H groups in total. The molecule has 4 nitrogen and oxygen atoms in total. The third-order valence-corrected chi connectivity index (χ3v) is 2.05. The van der Waals surface area contributed by atoms with Gasteiger partial charge in [0, 0.05) is 28.7 Å². The zero-order valence-corrected chi connectivity index (χ0v) is 7.61. The fourth-order valence-corrected chi connectivity index (χ4v) is 1.40. The lowest BCUT2D eigenvalue weighted by atomic mass is 10.2. The topological polar surface area (TPSA) is 58.9 Å². The Kier molecular flexibility index (Phi) is 2.21. The average molecular weight is 206 g/mol. The van der Waals surface area contributed by atoms with Crippen LogP contribution >= 0.6 is 0 Å². The molecule has 2 aromatic rings. The number of fused-ring (bicyclic) bond motifs is 1. The van der Waals surface area contributed by atoms with Gasteiger partial charge in [-0.2, -0.15) is 0 Å². The monoisotopic (exact) mass is 206 g/mol.